The number of amides is 1. The Labute approximate surface area is 172 Å². The number of nitrogens with zero attached hydrogens (tertiary/aromatic N) is 2. The van der Waals surface area contributed by atoms with E-state index in [0.29, 0.717) is 22.1 Å². The van der Waals surface area contributed by atoms with Gasteiger partial charge in [-0.3, -0.25) is 9.78 Å². The Morgan fingerprint density at radius 1 is 1.03 bits per heavy atom. The number of fused-ring (bicyclic) bond motifs is 1. The maximum absolute atomic E-state index is 12.9. The predicted octanol–water partition coefficient (Wildman–Crippen LogP) is 4.94. The minimum Gasteiger partial charge on any atom is -0.493 e. The maximum Gasteiger partial charge on any atom is 0.267 e. The quantitative estimate of drug-likeness (QED) is 0.509. The fraction of sp³-hybridized carbons (Fsp3) is 0.136. The van der Waals surface area contributed by atoms with E-state index in [4.69, 9.17) is 9.47 Å². The first-order valence-electron chi connectivity index (χ1n) is 8.95. The second-order valence-electron chi connectivity index (χ2n) is 6.33. The number of aryl methyl sites for hydroxylation is 1. The summed E-state index contributed by atoms with van der Waals surface area (Å²) in [5.41, 5.74) is 3.10. The Kier molecular flexibility index (Phi) is 5.14. The molecule has 146 valence electrons. The van der Waals surface area contributed by atoms with Crippen LogP contribution in [0.2, 0.25) is 0 Å². The number of nitrogens with one attached hydrogen (secondary N) is 1. The minimum absolute atomic E-state index is 0.192. The monoisotopic (exact) mass is 405 g/mol. The number of hydrogen-bond donors (Lipinski definition) is 1. The van der Waals surface area contributed by atoms with Crippen LogP contribution in [0.5, 0.6) is 11.5 Å². The predicted molar refractivity (Wildman–Crippen MR) is 115 cm³/mol. The molecule has 0 bridgehead atoms. The number of pyridine rings is 1. The van der Waals surface area contributed by atoms with Crippen molar-refractivity contribution in [2.45, 2.75) is 6.92 Å². The van der Waals surface area contributed by atoms with Gasteiger partial charge in [0.15, 0.2) is 11.5 Å². The summed E-state index contributed by atoms with van der Waals surface area (Å²) in [4.78, 5) is 22.4. The molecule has 2 aromatic carbocycles. The van der Waals surface area contributed by atoms with Gasteiger partial charge in [0.1, 0.15) is 9.88 Å². The van der Waals surface area contributed by atoms with Gasteiger partial charge >= 0.3 is 0 Å². The van der Waals surface area contributed by atoms with Crippen LogP contribution < -0.4 is 14.8 Å². The number of rotatable bonds is 5. The van der Waals surface area contributed by atoms with Crippen LogP contribution in [-0.2, 0) is 0 Å². The molecular formula is C22H19N3O3S. The highest BCUT2D eigenvalue weighted by atomic mass is 32.1. The van der Waals surface area contributed by atoms with E-state index in [0.717, 1.165) is 27.2 Å². The molecule has 0 saturated carbocycles. The van der Waals surface area contributed by atoms with Crippen LogP contribution in [0.25, 0.3) is 21.5 Å². The van der Waals surface area contributed by atoms with Crippen LogP contribution in [0, 0.1) is 6.92 Å². The fourth-order valence-electron chi connectivity index (χ4n) is 3.09. The smallest absolute Gasteiger partial charge is 0.267 e. The lowest BCUT2D eigenvalue weighted by Gasteiger charge is -2.08. The van der Waals surface area contributed by atoms with Crippen molar-refractivity contribution in [3.8, 4) is 22.1 Å². The van der Waals surface area contributed by atoms with E-state index in [9.17, 15) is 4.79 Å². The third-order valence-electron chi connectivity index (χ3n) is 4.53. The standard InChI is InChI=1S/C22H19N3O3S/c1-13-20(21(26)25-17-8-4-7-16-15(17)6-5-11-23-16)29-22(24-13)14-9-10-18(27-2)19(12-14)28-3/h4-12H,1-3H3,(H,25,26). The Balaban J connectivity index is 1.65. The Bertz CT molecular complexity index is 1200. The molecule has 0 fully saturated rings. The highest BCUT2D eigenvalue weighted by Crippen LogP contribution is 2.35. The molecule has 2 aromatic heterocycles. The first-order chi connectivity index (χ1) is 14.1. The Hall–Kier alpha value is -3.45. The molecule has 0 aliphatic carbocycles. The zero-order valence-electron chi connectivity index (χ0n) is 16.2. The van der Waals surface area contributed by atoms with E-state index in [-0.39, 0.29) is 5.91 Å². The lowest BCUT2D eigenvalue weighted by molar-refractivity contribution is 0.103. The number of anilines is 1. The molecule has 2 heterocycles. The summed E-state index contributed by atoms with van der Waals surface area (Å²) >= 11 is 1.34. The molecule has 0 saturated heterocycles. The molecule has 0 aliphatic heterocycles. The van der Waals surface area contributed by atoms with Crippen molar-refractivity contribution in [2.75, 3.05) is 19.5 Å². The third kappa shape index (κ3) is 3.64. The molecule has 0 unspecified atom stereocenters. The van der Waals surface area contributed by atoms with Crippen molar-refractivity contribution in [3.05, 3.63) is 65.3 Å². The molecule has 4 aromatic rings. The largest absolute Gasteiger partial charge is 0.493 e. The fourth-order valence-corrected chi connectivity index (χ4v) is 4.05. The molecule has 6 nitrogen and oxygen atoms in total. The van der Waals surface area contributed by atoms with Gasteiger partial charge in [0.05, 0.1) is 31.1 Å². The zero-order chi connectivity index (χ0) is 20.4. The van der Waals surface area contributed by atoms with Crippen LogP contribution in [0.4, 0.5) is 5.69 Å². The average Bonchev–Trinajstić information content (AvgIpc) is 3.15. The van der Waals surface area contributed by atoms with Gasteiger partial charge in [0.25, 0.3) is 5.91 Å². The van der Waals surface area contributed by atoms with Crippen molar-refractivity contribution >= 4 is 33.8 Å². The molecular weight excluding hydrogens is 386 g/mol. The van der Waals surface area contributed by atoms with Gasteiger partial charge in [-0.2, -0.15) is 0 Å². The molecule has 0 atom stereocenters. The molecule has 0 spiro atoms. The summed E-state index contributed by atoms with van der Waals surface area (Å²) in [6, 6.07) is 15.0. The number of carbonyl (C=O) groups excluding carboxylic acids is 1. The van der Waals surface area contributed by atoms with Crippen LogP contribution in [0.1, 0.15) is 15.4 Å². The minimum atomic E-state index is -0.192. The van der Waals surface area contributed by atoms with Crippen molar-refractivity contribution in [3.63, 3.8) is 0 Å². The van der Waals surface area contributed by atoms with Gasteiger partial charge in [-0.15, -0.1) is 11.3 Å². The van der Waals surface area contributed by atoms with Gasteiger partial charge in [-0.1, -0.05) is 6.07 Å². The summed E-state index contributed by atoms with van der Waals surface area (Å²) < 4.78 is 10.7. The molecule has 7 heteroatoms. The molecule has 1 amide bonds. The van der Waals surface area contributed by atoms with Gasteiger partial charge in [-0.05, 0) is 49.4 Å². The highest BCUT2D eigenvalue weighted by molar-refractivity contribution is 7.17. The molecule has 4 rings (SSSR count). The van der Waals surface area contributed by atoms with E-state index in [2.05, 4.69) is 15.3 Å². The summed E-state index contributed by atoms with van der Waals surface area (Å²) in [6.07, 6.45) is 1.73. The Morgan fingerprint density at radius 2 is 1.86 bits per heavy atom. The maximum atomic E-state index is 12.9. The summed E-state index contributed by atoms with van der Waals surface area (Å²) in [6.45, 7) is 1.83. The normalized spacial score (nSPS) is 10.7. The topological polar surface area (TPSA) is 73.3 Å². The van der Waals surface area contributed by atoms with Crippen LogP contribution in [0.15, 0.2) is 54.7 Å². The van der Waals surface area contributed by atoms with E-state index < -0.39 is 0 Å². The summed E-state index contributed by atoms with van der Waals surface area (Å²) in [5, 5.41) is 4.63. The second kappa shape index (κ2) is 7.89. The first-order valence-corrected chi connectivity index (χ1v) is 9.77. The molecule has 0 aliphatic rings. The lowest BCUT2D eigenvalue weighted by atomic mass is 10.2. The van der Waals surface area contributed by atoms with E-state index >= 15 is 0 Å². The van der Waals surface area contributed by atoms with Gasteiger partial charge in [-0.25, -0.2) is 4.98 Å². The number of hydrogen-bond acceptors (Lipinski definition) is 6. The van der Waals surface area contributed by atoms with Crippen LogP contribution >= 0.6 is 11.3 Å². The summed E-state index contributed by atoms with van der Waals surface area (Å²) in [7, 11) is 3.18. The van der Waals surface area contributed by atoms with Gasteiger partial charge in [0, 0.05) is 17.1 Å². The van der Waals surface area contributed by atoms with Crippen molar-refractivity contribution in [1.82, 2.24) is 9.97 Å². The van der Waals surface area contributed by atoms with Crippen molar-refractivity contribution in [1.29, 1.82) is 0 Å². The highest BCUT2D eigenvalue weighted by Gasteiger charge is 2.18. The van der Waals surface area contributed by atoms with E-state index in [1.807, 2.05) is 55.5 Å². The number of methoxy groups -OCH3 is 2. The zero-order valence-corrected chi connectivity index (χ0v) is 17.0. The van der Waals surface area contributed by atoms with Gasteiger partial charge in [0.2, 0.25) is 0 Å². The molecule has 1 N–H and O–H groups in total. The Morgan fingerprint density at radius 3 is 2.66 bits per heavy atom. The number of thiazole rings is 1. The number of benzene rings is 2. The number of carbonyl (C=O) groups is 1. The van der Waals surface area contributed by atoms with E-state index in [1.165, 1.54) is 11.3 Å². The van der Waals surface area contributed by atoms with Gasteiger partial charge < -0.3 is 14.8 Å². The molecule has 29 heavy (non-hydrogen) atoms. The van der Waals surface area contributed by atoms with Crippen LogP contribution in [0.3, 0.4) is 0 Å². The van der Waals surface area contributed by atoms with Crippen molar-refractivity contribution < 1.29 is 14.3 Å². The summed E-state index contributed by atoms with van der Waals surface area (Å²) in [5.74, 6) is 1.07. The average molecular weight is 405 g/mol. The second-order valence-corrected chi connectivity index (χ2v) is 7.33. The van der Waals surface area contributed by atoms with Crippen LogP contribution in [-0.4, -0.2) is 30.1 Å². The van der Waals surface area contributed by atoms with Crippen molar-refractivity contribution in [2.24, 2.45) is 0 Å². The molecule has 0 radical (unpaired) electrons. The third-order valence-corrected chi connectivity index (χ3v) is 5.73. The van der Waals surface area contributed by atoms with E-state index in [1.54, 1.807) is 20.4 Å². The number of aromatic nitrogens is 2. The number of ether oxygens (including phenoxy) is 2. The first kappa shape index (κ1) is 18.9. The lowest BCUT2D eigenvalue weighted by Crippen LogP contribution is -2.11. The SMILES string of the molecule is COc1ccc(-c2nc(C)c(C(=O)Nc3cccc4ncccc34)s2)cc1OC.